The van der Waals surface area contributed by atoms with E-state index in [2.05, 4.69) is 15.6 Å². The zero-order valence-electron chi connectivity index (χ0n) is 9.50. The molecule has 1 aromatic rings. The van der Waals surface area contributed by atoms with E-state index in [9.17, 15) is 18.4 Å². The zero-order valence-corrected chi connectivity index (χ0v) is 10.3. The van der Waals surface area contributed by atoms with Crippen LogP contribution < -0.4 is 10.6 Å². The maximum atomic E-state index is 12.9. The van der Waals surface area contributed by atoms with Crippen LogP contribution in [0.2, 0.25) is 0 Å². The molecular weight excluding hydrogens is 264 g/mol. The molecule has 0 aromatic carbocycles. The molecule has 1 atom stereocenters. The Morgan fingerprint density at radius 3 is 2.83 bits per heavy atom. The molecule has 0 saturated carbocycles. The van der Waals surface area contributed by atoms with Crippen molar-refractivity contribution in [1.82, 2.24) is 10.3 Å². The summed E-state index contributed by atoms with van der Waals surface area (Å²) in [6.45, 7) is 0.889. The number of rotatable bonds is 3. The lowest BCUT2D eigenvalue weighted by Crippen LogP contribution is -2.35. The van der Waals surface area contributed by atoms with Crippen molar-refractivity contribution < 1.29 is 18.4 Å². The van der Waals surface area contributed by atoms with Gasteiger partial charge in [0.15, 0.2) is 10.9 Å². The number of carbonyl (C=O) groups excluding carboxylic acids is 2. The SMILES string of the molecule is CC(=O)c1cnc(NC(=O)C2CC(F)(F)CN2)s1. The van der Waals surface area contributed by atoms with Gasteiger partial charge in [0.1, 0.15) is 0 Å². The Morgan fingerprint density at radius 1 is 1.61 bits per heavy atom. The van der Waals surface area contributed by atoms with Crippen molar-refractivity contribution in [2.24, 2.45) is 0 Å². The first-order valence-corrected chi connectivity index (χ1v) is 6.08. The molecule has 1 saturated heterocycles. The predicted molar refractivity (Wildman–Crippen MR) is 62.1 cm³/mol. The van der Waals surface area contributed by atoms with Crippen molar-refractivity contribution in [2.45, 2.75) is 25.3 Å². The van der Waals surface area contributed by atoms with Gasteiger partial charge in [-0.2, -0.15) is 0 Å². The molecule has 8 heteroatoms. The van der Waals surface area contributed by atoms with E-state index in [1.807, 2.05) is 0 Å². The van der Waals surface area contributed by atoms with Crippen LogP contribution in [-0.4, -0.2) is 35.2 Å². The maximum absolute atomic E-state index is 12.9. The van der Waals surface area contributed by atoms with Gasteiger partial charge in [0.25, 0.3) is 5.92 Å². The summed E-state index contributed by atoms with van der Waals surface area (Å²) in [6.07, 6.45) is 0.822. The molecular formula is C10H11F2N3O2S. The third-order valence-corrected chi connectivity index (χ3v) is 3.52. The lowest BCUT2D eigenvalue weighted by atomic mass is 10.2. The van der Waals surface area contributed by atoms with Crippen molar-refractivity contribution in [1.29, 1.82) is 0 Å². The van der Waals surface area contributed by atoms with Gasteiger partial charge in [-0.3, -0.25) is 14.9 Å². The molecule has 98 valence electrons. The van der Waals surface area contributed by atoms with E-state index < -0.39 is 30.8 Å². The molecule has 5 nitrogen and oxygen atoms in total. The summed E-state index contributed by atoms with van der Waals surface area (Å²) in [5, 5.41) is 5.10. The largest absolute Gasteiger partial charge is 0.301 e. The van der Waals surface area contributed by atoms with Crippen LogP contribution in [0.1, 0.15) is 23.0 Å². The van der Waals surface area contributed by atoms with Crippen LogP contribution in [0.4, 0.5) is 13.9 Å². The third kappa shape index (κ3) is 2.88. The predicted octanol–water partition coefficient (Wildman–Crippen LogP) is 1.28. The molecule has 0 aliphatic carbocycles. The Kier molecular flexibility index (Phi) is 3.40. The fourth-order valence-corrected chi connectivity index (χ4v) is 2.30. The first-order valence-electron chi connectivity index (χ1n) is 5.26. The van der Waals surface area contributed by atoms with Crippen LogP contribution in [0.25, 0.3) is 0 Å². The number of anilines is 1. The van der Waals surface area contributed by atoms with Gasteiger partial charge in [0.2, 0.25) is 5.91 Å². The highest BCUT2D eigenvalue weighted by Gasteiger charge is 2.42. The zero-order chi connectivity index (χ0) is 13.3. The molecule has 1 amide bonds. The molecule has 0 spiro atoms. The van der Waals surface area contributed by atoms with Gasteiger partial charge in [0, 0.05) is 13.3 Å². The number of hydrogen-bond acceptors (Lipinski definition) is 5. The van der Waals surface area contributed by atoms with E-state index in [-0.39, 0.29) is 10.9 Å². The third-order valence-electron chi connectivity index (χ3n) is 2.51. The Bertz CT molecular complexity index is 489. The summed E-state index contributed by atoms with van der Waals surface area (Å²) >= 11 is 1.02. The average molecular weight is 275 g/mol. The summed E-state index contributed by atoms with van der Waals surface area (Å²) < 4.78 is 25.8. The Labute approximate surface area is 106 Å². The number of halogens is 2. The van der Waals surface area contributed by atoms with Gasteiger partial charge in [-0.15, -0.1) is 0 Å². The minimum absolute atomic E-state index is 0.154. The molecule has 1 aliphatic rings. The molecule has 2 heterocycles. The van der Waals surface area contributed by atoms with Crippen LogP contribution >= 0.6 is 11.3 Å². The first kappa shape index (κ1) is 13.0. The molecule has 2 rings (SSSR count). The normalized spacial score (nSPS) is 21.8. The van der Waals surface area contributed by atoms with Gasteiger partial charge in [-0.05, 0) is 0 Å². The van der Waals surface area contributed by atoms with Gasteiger partial charge in [-0.1, -0.05) is 11.3 Å². The van der Waals surface area contributed by atoms with Crippen molar-refractivity contribution in [3.63, 3.8) is 0 Å². The van der Waals surface area contributed by atoms with Gasteiger partial charge in [-0.25, -0.2) is 13.8 Å². The number of ketones is 1. The summed E-state index contributed by atoms with van der Waals surface area (Å²) in [5.41, 5.74) is 0. The first-order chi connectivity index (χ1) is 8.37. The topological polar surface area (TPSA) is 71.1 Å². The van der Waals surface area contributed by atoms with E-state index >= 15 is 0 Å². The minimum Gasteiger partial charge on any atom is -0.301 e. The second-order valence-electron chi connectivity index (χ2n) is 4.07. The quantitative estimate of drug-likeness (QED) is 0.815. The second kappa shape index (κ2) is 4.69. The van der Waals surface area contributed by atoms with Gasteiger partial charge < -0.3 is 5.32 Å². The molecule has 18 heavy (non-hydrogen) atoms. The monoisotopic (exact) mass is 275 g/mol. The number of nitrogens with zero attached hydrogens (tertiary/aromatic N) is 1. The fraction of sp³-hybridized carbons (Fsp3) is 0.500. The summed E-state index contributed by atoms with van der Waals surface area (Å²) in [7, 11) is 0. The van der Waals surface area contributed by atoms with E-state index in [1.165, 1.54) is 13.1 Å². The molecule has 0 bridgehead atoms. The van der Waals surface area contributed by atoms with Crippen LogP contribution in [0.3, 0.4) is 0 Å². The number of amides is 1. The minimum atomic E-state index is -2.85. The van der Waals surface area contributed by atoms with E-state index in [4.69, 9.17) is 0 Å². The highest BCUT2D eigenvalue weighted by Crippen LogP contribution is 2.26. The number of carbonyl (C=O) groups is 2. The van der Waals surface area contributed by atoms with E-state index in [1.54, 1.807) is 0 Å². The van der Waals surface area contributed by atoms with Crippen LogP contribution in [0, 0.1) is 0 Å². The maximum Gasteiger partial charge on any atom is 0.262 e. The van der Waals surface area contributed by atoms with Crippen LogP contribution in [-0.2, 0) is 4.79 Å². The van der Waals surface area contributed by atoms with Crippen molar-refractivity contribution in [2.75, 3.05) is 11.9 Å². The molecule has 2 N–H and O–H groups in total. The van der Waals surface area contributed by atoms with Gasteiger partial charge in [0.05, 0.1) is 23.7 Å². The van der Waals surface area contributed by atoms with E-state index in [0.717, 1.165) is 11.3 Å². The van der Waals surface area contributed by atoms with Crippen LogP contribution in [0.5, 0.6) is 0 Å². The highest BCUT2D eigenvalue weighted by atomic mass is 32.1. The molecule has 1 unspecified atom stereocenters. The Morgan fingerprint density at radius 2 is 2.33 bits per heavy atom. The number of hydrogen-bond donors (Lipinski definition) is 2. The fourth-order valence-electron chi connectivity index (χ4n) is 1.59. The van der Waals surface area contributed by atoms with E-state index in [0.29, 0.717) is 4.88 Å². The summed E-state index contributed by atoms with van der Waals surface area (Å²) in [6, 6.07) is -0.926. The number of alkyl halides is 2. The van der Waals surface area contributed by atoms with Crippen molar-refractivity contribution >= 4 is 28.2 Å². The molecule has 0 radical (unpaired) electrons. The highest BCUT2D eigenvalue weighted by molar-refractivity contribution is 7.17. The average Bonchev–Trinajstić information content (AvgIpc) is 2.84. The molecule has 1 aliphatic heterocycles. The standard InChI is InChI=1S/C10H11F2N3O2S/c1-5(16)7-3-13-9(18-7)15-8(17)6-2-10(11,12)4-14-6/h3,6,14H,2,4H2,1H3,(H,13,15,17). The number of nitrogens with one attached hydrogen (secondary N) is 2. The van der Waals surface area contributed by atoms with Crippen LogP contribution in [0.15, 0.2) is 6.20 Å². The van der Waals surface area contributed by atoms with Gasteiger partial charge >= 0.3 is 0 Å². The number of Topliss-reactive ketones (excluding diaryl/α,β-unsaturated/α-hetero) is 1. The Balaban J connectivity index is 1.97. The number of thiazole rings is 1. The lowest BCUT2D eigenvalue weighted by Gasteiger charge is -2.08. The summed E-state index contributed by atoms with van der Waals surface area (Å²) in [4.78, 5) is 26.9. The number of aromatic nitrogens is 1. The van der Waals surface area contributed by atoms with Crippen molar-refractivity contribution in [3.8, 4) is 0 Å². The second-order valence-corrected chi connectivity index (χ2v) is 5.10. The van der Waals surface area contributed by atoms with Crippen molar-refractivity contribution in [3.05, 3.63) is 11.1 Å². The Hall–Kier alpha value is -1.41. The molecule has 1 fully saturated rings. The lowest BCUT2D eigenvalue weighted by molar-refractivity contribution is -0.118. The molecule has 1 aromatic heterocycles. The summed E-state index contributed by atoms with van der Waals surface area (Å²) in [5.74, 6) is -3.56. The smallest absolute Gasteiger partial charge is 0.262 e.